The second kappa shape index (κ2) is 9.08. The first-order valence-electron chi connectivity index (χ1n) is 8.63. The molecular formula is C20H15ClF3NO5. The zero-order valence-corrected chi connectivity index (χ0v) is 16.0. The molecule has 10 heteroatoms. The highest BCUT2D eigenvalue weighted by molar-refractivity contribution is 6.31. The minimum absolute atomic E-state index is 0.126. The summed E-state index contributed by atoms with van der Waals surface area (Å²) >= 11 is 5.91. The zero-order valence-electron chi connectivity index (χ0n) is 15.3. The van der Waals surface area contributed by atoms with E-state index in [1.807, 2.05) is 0 Å². The monoisotopic (exact) mass is 441 g/mol. The first-order valence-corrected chi connectivity index (χ1v) is 9.00. The van der Waals surface area contributed by atoms with Crippen molar-refractivity contribution in [2.24, 2.45) is 0 Å². The van der Waals surface area contributed by atoms with Gasteiger partial charge in [0, 0.05) is 18.7 Å². The molecule has 30 heavy (non-hydrogen) atoms. The number of aliphatic carboxylic acids is 1. The highest BCUT2D eigenvalue weighted by Crippen LogP contribution is 2.36. The number of aryl methyl sites for hydroxylation is 1. The van der Waals surface area contributed by atoms with Crippen molar-refractivity contribution < 1.29 is 37.0 Å². The van der Waals surface area contributed by atoms with E-state index in [1.54, 1.807) is 24.3 Å². The molecule has 0 saturated heterocycles. The number of halogens is 4. The SMILES string of the molecule is O=C(O)CCc1ccc(OCc2ccco2)cc1Oc1ncc(C(F)(F)F)cc1Cl. The predicted octanol–water partition coefficient (Wildman–Crippen LogP) is 5.74. The Balaban J connectivity index is 1.85. The lowest BCUT2D eigenvalue weighted by Crippen LogP contribution is -2.06. The van der Waals surface area contributed by atoms with Crippen LogP contribution in [-0.2, 0) is 24.0 Å². The van der Waals surface area contributed by atoms with E-state index in [9.17, 15) is 18.0 Å². The molecule has 3 aromatic rings. The Morgan fingerprint density at radius 1 is 1.23 bits per heavy atom. The number of hydrogen-bond acceptors (Lipinski definition) is 5. The molecule has 0 bridgehead atoms. The highest BCUT2D eigenvalue weighted by atomic mass is 35.5. The number of alkyl halides is 3. The molecule has 3 rings (SSSR count). The Bertz CT molecular complexity index is 1020. The standard InChI is InChI=1S/C20H15ClF3NO5/c21-16-8-13(20(22,23)24)10-25-19(16)30-17-9-14(29-11-15-2-1-7-28-15)5-3-12(17)4-6-18(26)27/h1-3,5,7-10H,4,6,11H2,(H,26,27). The first kappa shape index (κ1) is 21.5. The molecule has 2 aromatic heterocycles. The molecule has 158 valence electrons. The molecule has 0 aliphatic rings. The number of rotatable bonds is 8. The summed E-state index contributed by atoms with van der Waals surface area (Å²) in [4.78, 5) is 14.6. The molecule has 1 N–H and O–H groups in total. The molecule has 0 aliphatic heterocycles. The fraction of sp³-hybridized carbons (Fsp3) is 0.200. The number of ether oxygens (including phenoxy) is 2. The Labute approximate surface area is 173 Å². The molecule has 0 radical (unpaired) electrons. The van der Waals surface area contributed by atoms with Gasteiger partial charge in [-0.15, -0.1) is 0 Å². The minimum Gasteiger partial charge on any atom is -0.486 e. The van der Waals surface area contributed by atoms with E-state index in [4.69, 9.17) is 30.6 Å². The van der Waals surface area contributed by atoms with Gasteiger partial charge < -0.3 is 19.0 Å². The van der Waals surface area contributed by atoms with E-state index in [-0.39, 0.29) is 36.1 Å². The van der Waals surface area contributed by atoms with Gasteiger partial charge in [0.15, 0.2) is 0 Å². The van der Waals surface area contributed by atoms with Crippen LogP contribution in [0.15, 0.2) is 53.3 Å². The van der Waals surface area contributed by atoms with Crippen LogP contribution in [0.5, 0.6) is 17.4 Å². The van der Waals surface area contributed by atoms with Crippen molar-refractivity contribution in [3.8, 4) is 17.4 Å². The Kier molecular flexibility index (Phi) is 6.51. The third-order valence-corrected chi connectivity index (χ3v) is 4.22. The summed E-state index contributed by atoms with van der Waals surface area (Å²) in [7, 11) is 0. The van der Waals surface area contributed by atoms with Crippen molar-refractivity contribution in [2.75, 3.05) is 0 Å². The number of nitrogens with zero attached hydrogens (tertiary/aromatic N) is 1. The van der Waals surface area contributed by atoms with Gasteiger partial charge in [0.05, 0.1) is 11.8 Å². The lowest BCUT2D eigenvalue weighted by Gasteiger charge is -2.14. The van der Waals surface area contributed by atoms with Crippen LogP contribution >= 0.6 is 11.6 Å². The molecule has 2 heterocycles. The molecular weight excluding hydrogens is 427 g/mol. The number of carboxylic acids is 1. The second-order valence-electron chi connectivity index (χ2n) is 6.14. The van der Waals surface area contributed by atoms with Crippen molar-refractivity contribution in [2.45, 2.75) is 25.6 Å². The maximum atomic E-state index is 12.8. The van der Waals surface area contributed by atoms with Gasteiger partial charge in [-0.25, -0.2) is 4.98 Å². The van der Waals surface area contributed by atoms with Gasteiger partial charge in [-0.2, -0.15) is 13.2 Å². The number of carbonyl (C=O) groups is 1. The van der Waals surface area contributed by atoms with Gasteiger partial charge in [-0.1, -0.05) is 17.7 Å². The van der Waals surface area contributed by atoms with E-state index in [0.29, 0.717) is 29.3 Å². The second-order valence-corrected chi connectivity index (χ2v) is 6.55. The van der Waals surface area contributed by atoms with Crippen molar-refractivity contribution in [3.05, 3.63) is 70.8 Å². The molecule has 0 amide bonds. The zero-order chi connectivity index (χ0) is 21.7. The van der Waals surface area contributed by atoms with Crippen LogP contribution in [0.2, 0.25) is 5.02 Å². The summed E-state index contributed by atoms with van der Waals surface area (Å²) in [5, 5.41) is 8.60. The van der Waals surface area contributed by atoms with Crippen molar-refractivity contribution in [1.82, 2.24) is 4.98 Å². The van der Waals surface area contributed by atoms with Crippen molar-refractivity contribution in [1.29, 1.82) is 0 Å². The van der Waals surface area contributed by atoms with Crippen LogP contribution in [0.1, 0.15) is 23.3 Å². The molecule has 6 nitrogen and oxygen atoms in total. The quantitative estimate of drug-likeness (QED) is 0.480. The number of pyridine rings is 1. The predicted molar refractivity (Wildman–Crippen MR) is 99.8 cm³/mol. The fourth-order valence-electron chi connectivity index (χ4n) is 2.48. The molecule has 0 saturated carbocycles. The molecule has 0 spiro atoms. The van der Waals surface area contributed by atoms with Crippen LogP contribution in [0.4, 0.5) is 13.2 Å². The fourth-order valence-corrected chi connectivity index (χ4v) is 2.68. The van der Waals surface area contributed by atoms with Crippen LogP contribution in [-0.4, -0.2) is 16.1 Å². The highest BCUT2D eigenvalue weighted by Gasteiger charge is 2.32. The molecule has 0 atom stereocenters. The lowest BCUT2D eigenvalue weighted by atomic mass is 10.1. The third kappa shape index (κ3) is 5.66. The average Bonchev–Trinajstić information content (AvgIpc) is 3.20. The Hall–Kier alpha value is -3.20. The Morgan fingerprint density at radius 3 is 2.67 bits per heavy atom. The summed E-state index contributed by atoms with van der Waals surface area (Å²) in [5.74, 6) is -0.125. The van der Waals surface area contributed by atoms with Crippen LogP contribution in [0.25, 0.3) is 0 Å². The summed E-state index contributed by atoms with van der Waals surface area (Å²) in [6.45, 7) is 0.139. The van der Waals surface area contributed by atoms with Crippen LogP contribution in [0, 0.1) is 0 Å². The van der Waals surface area contributed by atoms with E-state index < -0.39 is 17.7 Å². The summed E-state index contributed by atoms with van der Waals surface area (Å²) in [5.41, 5.74) is -0.512. The van der Waals surface area contributed by atoms with E-state index >= 15 is 0 Å². The minimum atomic E-state index is -4.60. The normalized spacial score (nSPS) is 11.3. The van der Waals surface area contributed by atoms with Gasteiger partial charge >= 0.3 is 12.1 Å². The largest absolute Gasteiger partial charge is 0.486 e. The number of carboxylic acid groups (broad SMARTS) is 1. The summed E-state index contributed by atoms with van der Waals surface area (Å²) in [6.07, 6.45) is -2.53. The molecule has 0 fully saturated rings. The van der Waals surface area contributed by atoms with E-state index in [2.05, 4.69) is 4.98 Å². The van der Waals surface area contributed by atoms with Gasteiger partial charge in [-0.05, 0) is 36.2 Å². The number of furan rings is 1. The number of benzene rings is 1. The van der Waals surface area contributed by atoms with E-state index in [0.717, 1.165) is 0 Å². The number of hydrogen-bond donors (Lipinski definition) is 1. The molecule has 1 aromatic carbocycles. The lowest BCUT2D eigenvalue weighted by molar-refractivity contribution is -0.138. The maximum Gasteiger partial charge on any atom is 0.417 e. The average molecular weight is 442 g/mol. The van der Waals surface area contributed by atoms with E-state index in [1.165, 1.54) is 12.3 Å². The van der Waals surface area contributed by atoms with Crippen LogP contribution in [0.3, 0.4) is 0 Å². The number of aromatic nitrogens is 1. The molecule has 0 unspecified atom stereocenters. The van der Waals surface area contributed by atoms with Gasteiger partial charge in [-0.3, -0.25) is 4.79 Å². The topological polar surface area (TPSA) is 81.8 Å². The summed E-state index contributed by atoms with van der Waals surface area (Å²) in [6, 6.07) is 8.85. The smallest absolute Gasteiger partial charge is 0.417 e. The molecule has 0 aliphatic carbocycles. The van der Waals surface area contributed by atoms with Crippen LogP contribution < -0.4 is 9.47 Å². The van der Waals surface area contributed by atoms with Crippen molar-refractivity contribution >= 4 is 17.6 Å². The van der Waals surface area contributed by atoms with Gasteiger partial charge in [0.1, 0.15) is 28.9 Å². The summed E-state index contributed by atoms with van der Waals surface area (Å²) < 4.78 is 54.8. The first-order chi connectivity index (χ1) is 14.2. The third-order valence-electron chi connectivity index (χ3n) is 3.95. The van der Waals surface area contributed by atoms with Crippen molar-refractivity contribution in [3.63, 3.8) is 0 Å². The van der Waals surface area contributed by atoms with Gasteiger partial charge in [0.25, 0.3) is 0 Å². The van der Waals surface area contributed by atoms with Gasteiger partial charge in [0.2, 0.25) is 5.88 Å². The maximum absolute atomic E-state index is 12.8. The Morgan fingerprint density at radius 2 is 2.03 bits per heavy atom.